The van der Waals surface area contributed by atoms with Crippen LogP contribution in [0.15, 0.2) is 12.1 Å². The van der Waals surface area contributed by atoms with Gasteiger partial charge in [0.25, 0.3) is 0 Å². The normalized spacial score (nSPS) is 19.4. The van der Waals surface area contributed by atoms with Crippen molar-refractivity contribution in [1.82, 2.24) is 4.90 Å². The number of aromatic hydroxyl groups is 1. The van der Waals surface area contributed by atoms with Crippen molar-refractivity contribution in [2.45, 2.75) is 33.2 Å². The molecule has 0 radical (unpaired) electrons. The lowest BCUT2D eigenvalue weighted by molar-refractivity contribution is 0.111. The minimum atomic E-state index is 0.204. The van der Waals surface area contributed by atoms with E-state index in [-0.39, 0.29) is 5.75 Å². The smallest absolute Gasteiger partial charge is 0.162 e. The first-order chi connectivity index (χ1) is 8.91. The zero-order chi connectivity index (χ0) is 14.0. The van der Waals surface area contributed by atoms with Crippen molar-refractivity contribution < 1.29 is 9.84 Å². The molecule has 0 unspecified atom stereocenters. The third-order valence-electron chi connectivity index (χ3n) is 3.71. The Morgan fingerprint density at radius 1 is 1.42 bits per heavy atom. The monoisotopic (exact) mass is 283 g/mol. The highest BCUT2D eigenvalue weighted by Gasteiger charge is 2.27. The van der Waals surface area contributed by atoms with Gasteiger partial charge >= 0.3 is 0 Å². The van der Waals surface area contributed by atoms with Crippen LogP contribution in [0.1, 0.15) is 32.3 Å². The number of hydrogen-bond acceptors (Lipinski definition) is 3. The van der Waals surface area contributed by atoms with Gasteiger partial charge in [0, 0.05) is 29.7 Å². The van der Waals surface area contributed by atoms with Gasteiger partial charge in [-0.25, -0.2) is 0 Å². The number of phenolic OH excluding ortho intramolecular Hbond substituents is 1. The quantitative estimate of drug-likeness (QED) is 0.919. The van der Waals surface area contributed by atoms with Crippen LogP contribution < -0.4 is 4.74 Å². The molecule has 0 saturated carbocycles. The van der Waals surface area contributed by atoms with Crippen LogP contribution in [-0.4, -0.2) is 30.2 Å². The molecule has 3 nitrogen and oxygen atoms in total. The maximum Gasteiger partial charge on any atom is 0.162 e. The molecule has 1 aromatic rings. The average Bonchev–Trinajstić information content (AvgIpc) is 2.32. The molecule has 1 heterocycles. The zero-order valence-corrected chi connectivity index (χ0v) is 12.6. The second-order valence-corrected chi connectivity index (χ2v) is 6.53. The Labute approximate surface area is 120 Å². The molecule has 0 spiro atoms. The van der Waals surface area contributed by atoms with Crippen molar-refractivity contribution in [2.24, 2.45) is 5.41 Å². The summed E-state index contributed by atoms with van der Waals surface area (Å²) in [5.74, 6) is 0.647. The van der Waals surface area contributed by atoms with Crippen molar-refractivity contribution in [1.29, 1.82) is 0 Å². The molecule has 1 aliphatic heterocycles. The van der Waals surface area contributed by atoms with Gasteiger partial charge in [-0.15, -0.1) is 0 Å². The summed E-state index contributed by atoms with van der Waals surface area (Å²) in [7, 11) is 1.54. The number of halogens is 1. The van der Waals surface area contributed by atoms with E-state index in [4.69, 9.17) is 16.3 Å². The molecule has 1 aliphatic rings. The fourth-order valence-corrected chi connectivity index (χ4v) is 3.06. The van der Waals surface area contributed by atoms with Crippen molar-refractivity contribution in [3.63, 3.8) is 0 Å². The molecular formula is C15H22ClNO2. The van der Waals surface area contributed by atoms with Crippen LogP contribution in [0.25, 0.3) is 0 Å². The first-order valence-corrected chi connectivity index (χ1v) is 7.07. The van der Waals surface area contributed by atoms with Gasteiger partial charge in [0.15, 0.2) is 11.5 Å². The first kappa shape index (κ1) is 14.5. The number of rotatable bonds is 3. The van der Waals surface area contributed by atoms with Crippen LogP contribution >= 0.6 is 11.6 Å². The van der Waals surface area contributed by atoms with Gasteiger partial charge in [-0.2, -0.15) is 0 Å². The predicted molar refractivity (Wildman–Crippen MR) is 78.0 cm³/mol. The fourth-order valence-electron chi connectivity index (χ4n) is 2.82. The molecule has 0 atom stereocenters. The maximum absolute atomic E-state index is 10.2. The van der Waals surface area contributed by atoms with Crippen molar-refractivity contribution in [2.75, 3.05) is 20.2 Å². The minimum Gasteiger partial charge on any atom is -0.504 e. The van der Waals surface area contributed by atoms with E-state index in [2.05, 4.69) is 18.7 Å². The molecule has 4 heteroatoms. The summed E-state index contributed by atoms with van der Waals surface area (Å²) in [6, 6.07) is 3.46. The summed E-state index contributed by atoms with van der Waals surface area (Å²) < 4.78 is 5.14. The molecule has 1 N–H and O–H groups in total. The highest BCUT2D eigenvalue weighted by Crippen LogP contribution is 2.36. The Morgan fingerprint density at radius 3 is 2.79 bits per heavy atom. The number of nitrogens with zero attached hydrogens (tertiary/aromatic N) is 1. The van der Waals surface area contributed by atoms with Gasteiger partial charge in [-0.1, -0.05) is 25.4 Å². The van der Waals surface area contributed by atoms with Crippen LogP contribution in [0.3, 0.4) is 0 Å². The lowest BCUT2D eigenvalue weighted by Crippen LogP contribution is -2.39. The Kier molecular flexibility index (Phi) is 4.26. The Balaban J connectivity index is 2.17. The summed E-state index contributed by atoms with van der Waals surface area (Å²) in [6.07, 6.45) is 2.46. The largest absolute Gasteiger partial charge is 0.504 e. The SMILES string of the molecule is COc1cc(Cl)cc(CN2CCCC(C)(C)C2)c1O. The molecule has 2 rings (SSSR count). The highest BCUT2D eigenvalue weighted by molar-refractivity contribution is 6.30. The van der Waals surface area contributed by atoms with E-state index >= 15 is 0 Å². The lowest BCUT2D eigenvalue weighted by atomic mass is 9.84. The van der Waals surface area contributed by atoms with E-state index in [1.165, 1.54) is 12.8 Å². The summed E-state index contributed by atoms with van der Waals surface area (Å²) in [6.45, 7) is 7.40. The predicted octanol–water partition coefficient (Wildman–Crippen LogP) is 3.68. The Bertz CT molecular complexity index is 460. The average molecular weight is 284 g/mol. The molecule has 0 aliphatic carbocycles. The molecule has 1 fully saturated rings. The number of ether oxygens (including phenoxy) is 1. The number of benzene rings is 1. The fraction of sp³-hybridized carbons (Fsp3) is 0.600. The second-order valence-electron chi connectivity index (χ2n) is 6.09. The zero-order valence-electron chi connectivity index (χ0n) is 11.9. The summed E-state index contributed by atoms with van der Waals surface area (Å²) in [5, 5.41) is 10.8. The highest BCUT2D eigenvalue weighted by atomic mass is 35.5. The summed E-state index contributed by atoms with van der Waals surface area (Å²) >= 11 is 6.06. The van der Waals surface area contributed by atoms with E-state index in [0.29, 0.717) is 22.7 Å². The number of hydrogen-bond donors (Lipinski definition) is 1. The minimum absolute atomic E-state index is 0.204. The summed E-state index contributed by atoms with van der Waals surface area (Å²) in [4.78, 5) is 2.37. The molecule has 106 valence electrons. The number of piperidine rings is 1. The van der Waals surface area contributed by atoms with E-state index in [9.17, 15) is 5.11 Å². The topological polar surface area (TPSA) is 32.7 Å². The van der Waals surface area contributed by atoms with Crippen LogP contribution in [0.2, 0.25) is 5.02 Å². The number of likely N-dealkylation sites (tertiary alicyclic amines) is 1. The molecule has 1 saturated heterocycles. The molecule has 19 heavy (non-hydrogen) atoms. The lowest BCUT2D eigenvalue weighted by Gasteiger charge is -2.38. The van der Waals surface area contributed by atoms with Crippen LogP contribution in [0, 0.1) is 5.41 Å². The Hall–Kier alpha value is -0.930. The van der Waals surface area contributed by atoms with Gasteiger partial charge in [0.1, 0.15) is 0 Å². The van der Waals surface area contributed by atoms with Gasteiger partial charge in [-0.3, -0.25) is 4.90 Å². The molecule has 1 aromatic carbocycles. The first-order valence-electron chi connectivity index (χ1n) is 6.69. The van der Waals surface area contributed by atoms with Crippen molar-refractivity contribution in [3.05, 3.63) is 22.7 Å². The van der Waals surface area contributed by atoms with Gasteiger partial charge < -0.3 is 9.84 Å². The molecule has 0 amide bonds. The second kappa shape index (κ2) is 5.59. The third-order valence-corrected chi connectivity index (χ3v) is 3.93. The Morgan fingerprint density at radius 2 is 2.16 bits per heavy atom. The number of phenols is 1. The van der Waals surface area contributed by atoms with Crippen molar-refractivity contribution >= 4 is 11.6 Å². The van der Waals surface area contributed by atoms with Crippen molar-refractivity contribution in [3.8, 4) is 11.5 Å². The van der Waals surface area contributed by atoms with E-state index < -0.39 is 0 Å². The van der Waals surface area contributed by atoms with Crippen LogP contribution in [0.5, 0.6) is 11.5 Å². The summed E-state index contributed by atoms with van der Waals surface area (Å²) in [5.41, 5.74) is 1.18. The van der Waals surface area contributed by atoms with Crippen LogP contribution in [0.4, 0.5) is 0 Å². The standard InChI is InChI=1S/C15H22ClNO2/c1-15(2)5-4-6-17(10-15)9-11-7-12(16)8-13(19-3)14(11)18/h7-8,18H,4-6,9-10H2,1-3H3. The molecule has 0 aromatic heterocycles. The third kappa shape index (κ3) is 3.54. The van der Waals surface area contributed by atoms with Gasteiger partial charge in [-0.05, 0) is 30.9 Å². The molecule has 0 bridgehead atoms. The van der Waals surface area contributed by atoms with Crippen LogP contribution in [-0.2, 0) is 6.54 Å². The maximum atomic E-state index is 10.2. The molecular weight excluding hydrogens is 262 g/mol. The van der Waals surface area contributed by atoms with E-state index in [0.717, 1.165) is 18.7 Å². The van der Waals surface area contributed by atoms with Gasteiger partial charge in [0.2, 0.25) is 0 Å². The number of methoxy groups -OCH3 is 1. The van der Waals surface area contributed by atoms with E-state index in [1.807, 2.05) is 6.07 Å². The van der Waals surface area contributed by atoms with E-state index in [1.54, 1.807) is 13.2 Å². The van der Waals surface area contributed by atoms with Gasteiger partial charge in [0.05, 0.1) is 7.11 Å².